The summed E-state index contributed by atoms with van der Waals surface area (Å²) in [7, 11) is -1.33. The lowest BCUT2D eigenvalue weighted by Gasteiger charge is -2.33. The third-order valence-corrected chi connectivity index (χ3v) is 7.25. The van der Waals surface area contributed by atoms with Crippen LogP contribution in [0.15, 0.2) is 24.3 Å². The molecule has 1 heterocycles. The summed E-state index contributed by atoms with van der Waals surface area (Å²) in [5.74, 6) is 0.890. The molecule has 1 atom stereocenters. The highest BCUT2D eigenvalue weighted by molar-refractivity contribution is 7.90. The van der Waals surface area contributed by atoms with Crippen LogP contribution >= 0.6 is 0 Å². The molecule has 1 aromatic carbocycles. The molecule has 6 heteroatoms. The second kappa shape index (κ2) is 6.79. The third-order valence-electron chi connectivity index (χ3n) is 4.85. The summed E-state index contributed by atoms with van der Waals surface area (Å²) < 4.78 is 31.7. The number of nitrogens with one attached hydrogen (secondary N) is 1. The normalized spacial score (nSPS) is 22.0. The van der Waals surface area contributed by atoms with Gasteiger partial charge in [-0.05, 0) is 38.7 Å². The standard InChI is InChI=1S/C17H26N2O3S/c1-13(16-5-3-4-6-17(16)22-2)18-14-9-11-19(12-10-14)23(20,21)15-7-8-15/h3-6,13-15,18H,7-12H2,1-2H3/t13-/m0/s1. The van der Waals surface area contributed by atoms with Crippen molar-refractivity contribution in [3.8, 4) is 5.75 Å². The van der Waals surface area contributed by atoms with Gasteiger partial charge in [-0.1, -0.05) is 18.2 Å². The highest BCUT2D eigenvalue weighted by atomic mass is 32.2. The predicted molar refractivity (Wildman–Crippen MR) is 91.1 cm³/mol. The van der Waals surface area contributed by atoms with Crippen LogP contribution in [0.1, 0.15) is 44.2 Å². The van der Waals surface area contributed by atoms with E-state index in [2.05, 4.69) is 18.3 Å². The highest BCUT2D eigenvalue weighted by Crippen LogP contribution is 2.32. The Labute approximate surface area is 139 Å². The maximum Gasteiger partial charge on any atom is 0.216 e. The Balaban J connectivity index is 1.56. The average molecular weight is 338 g/mol. The Bertz CT molecular complexity index is 635. The van der Waals surface area contributed by atoms with Crippen molar-refractivity contribution in [2.24, 2.45) is 0 Å². The van der Waals surface area contributed by atoms with Gasteiger partial charge in [0.15, 0.2) is 0 Å². The van der Waals surface area contributed by atoms with Gasteiger partial charge < -0.3 is 10.1 Å². The molecule has 0 bridgehead atoms. The number of benzene rings is 1. The Kier molecular flexibility index (Phi) is 4.94. The third kappa shape index (κ3) is 3.70. The lowest BCUT2D eigenvalue weighted by atomic mass is 10.0. The number of sulfonamides is 1. The highest BCUT2D eigenvalue weighted by Gasteiger charge is 2.41. The van der Waals surface area contributed by atoms with Crippen molar-refractivity contribution in [2.45, 2.75) is 49.9 Å². The van der Waals surface area contributed by atoms with E-state index in [1.165, 1.54) is 0 Å². The van der Waals surface area contributed by atoms with Crippen LogP contribution < -0.4 is 10.1 Å². The Morgan fingerprint density at radius 3 is 2.43 bits per heavy atom. The van der Waals surface area contributed by atoms with Crippen LogP contribution in [0.25, 0.3) is 0 Å². The van der Waals surface area contributed by atoms with Gasteiger partial charge in [-0.2, -0.15) is 0 Å². The first-order valence-electron chi connectivity index (χ1n) is 8.40. The van der Waals surface area contributed by atoms with Gasteiger partial charge in [-0.3, -0.25) is 0 Å². The minimum Gasteiger partial charge on any atom is -0.496 e. The molecular formula is C17H26N2O3S. The monoisotopic (exact) mass is 338 g/mol. The van der Waals surface area contributed by atoms with Gasteiger partial charge in [0.25, 0.3) is 0 Å². The maximum atomic E-state index is 12.3. The van der Waals surface area contributed by atoms with Crippen LogP contribution in [0.4, 0.5) is 0 Å². The van der Waals surface area contributed by atoms with Crippen molar-refractivity contribution < 1.29 is 13.2 Å². The van der Waals surface area contributed by atoms with Crippen molar-refractivity contribution in [1.29, 1.82) is 0 Å². The van der Waals surface area contributed by atoms with Crippen molar-refractivity contribution in [1.82, 2.24) is 9.62 Å². The van der Waals surface area contributed by atoms with Crippen LogP contribution in [-0.2, 0) is 10.0 Å². The number of nitrogens with zero attached hydrogens (tertiary/aromatic N) is 1. The number of hydrogen-bond donors (Lipinski definition) is 1. The molecule has 0 spiro atoms. The molecule has 128 valence electrons. The molecule has 0 radical (unpaired) electrons. The lowest BCUT2D eigenvalue weighted by Crippen LogP contribution is -2.46. The van der Waals surface area contributed by atoms with Gasteiger partial charge in [0.2, 0.25) is 10.0 Å². The number of hydrogen-bond acceptors (Lipinski definition) is 4. The zero-order valence-corrected chi connectivity index (χ0v) is 14.7. The molecule has 1 saturated heterocycles. The first-order valence-corrected chi connectivity index (χ1v) is 9.90. The smallest absolute Gasteiger partial charge is 0.216 e. The van der Waals surface area contributed by atoms with E-state index in [4.69, 9.17) is 4.74 Å². The van der Waals surface area contributed by atoms with Gasteiger partial charge in [0.1, 0.15) is 5.75 Å². The molecule has 0 amide bonds. The molecule has 0 unspecified atom stereocenters. The minimum atomic E-state index is -3.02. The van der Waals surface area contributed by atoms with Crippen LogP contribution in [0.5, 0.6) is 5.75 Å². The van der Waals surface area contributed by atoms with Crippen molar-refractivity contribution in [3.63, 3.8) is 0 Å². The Morgan fingerprint density at radius 1 is 1.17 bits per heavy atom. The number of para-hydroxylation sites is 1. The molecule has 1 aliphatic heterocycles. The number of methoxy groups -OCH3 is 1. The fourth-order valence-electron chi connectivity index (χ4n) is 3.32. The summed E-state index contributed by atoms with van der Waals surface area (Å²) in [4.78, 5) is 0. The van der Waals surface area contributed by atoms with E-state index < -0.39 is 10.0 Å². The van der Waals surface area contributed by atoms with Crippen LogP contribution in [0.3, 0.4) is 0 Å². The van der Waals surface area contributed by atoms with Crippen LogP contribution in [-0.4, -0.2) is 44.2 Å². The molecule has 3 rings (SSSR count). The zero-order chi connectivity index (χ0) is 16.4. The molecule has 0 aromatic heterocycles. The largest absolute Gasteiger partial charge is 0.496 e. The lowest BCUT2D eigenvalue weighted by molar-refractivity contribution is 0.275. The topological polar surface area (TPSA) is 58.6 Å². The number of piperidine rings is 1. The number of rotatable bonds is 6. The van der Waals surface area contributed by atoms with E-state index in [0.717, 1.165) is 37.0 Å². The van der Waals surface area contributed by atoms with Gasteiger partial charge in [0.05, 0.1) is 12.4 Å². The van der Waals surface area contributed by atoms with Crippen molar-refractivity contribution in [3.05, 3.63) is 29.8 Å². The quantitative estimate of drug-likeness (QED) is 0.865. The molecule has 1 N–H and O–H groups in total. The molecule has 1 aliphatic carbocycles. The summed E-state index contributed by atoms with van der Waals surface area (Å²) in [5.41, 5.74) is 1.14. The van der Waals surface area contributed by atoms with E-state index in [1.807, 2.05) is 18.2 Å². The van der Waals surface area contributed by atoms with E-state index >= 15 is 0 Å². The summed E-state index contributed by atoms with van der Waals surface area (Å²) in [6.07, 6.45) is 3.41. The van der Waals surface area contributed by atoms with Crippen molar-refractivity contribution in [2.75, 3.05) is 20.2 Å². The average Bonchev–Trinajstić information content (AvgIpc) is 3.40. The van der Waals surface area contributed by atoms with Gasteiger partial charge in [-0.25, -0.2) is 12.7 Å². The van der Waals surface area contributed by atoms with Gasteiger partial charge >= 0.3 is 0 Å². The first-order chi connectivity index (χ1) is 11.0. The SMILES string of the molecule is COc1ccccc1[C@H](C)NC1CCN(S(=O)(=O)C2CC2)CC1. The summed E-state index contributed by atoms with van der Waals surface area (Å²) in [6, 6.07) is 8.56. The summed E-state index contributed by atoms with van der Waals surface area (Å²) in [5, 5.41) is 3.53. The fourth-order valence-corrected chi connectivity index (χ4v) is 5.19. The van der Waals surface area contributed by atoms with E-state index in [-0.39, 0.29) is 11.3 Å². The van der Waals surface area contributed by atoms with Crippen LogP contribution in [0, 0.1) is 0 Å². The van der Waals surface area contributed by atoms with Gasteiger partial charge in [0, 0.05) is 30.7 Å². The van der Waals surface area contributed by atoms with Gasteiger partial charge in [-0.15, -0.1) is 0 Å². The maximum absolute atomic E-state index is 12.3. The molecule has 2 fully saturated rings. The first kappa shape index (κ1) is 16.7. The molecule has 5 nitrogen and oxygen atoms in total. The van der Waals surface area contributed by atoms with Crippen LogP contribution in [0.2, 0.25) is 0 Å². The molecular weight excluding hydrogens is 312 g/mol. The number of ether oxygens (including phenoxy) is 1. The second-order valence-corrected chi connectivity index (χ2v) is 8.76. The summed E-state index contributed by atoms with van der Waals surface area (Å²) in [6.45, 7) is 3.40. The predicted octanol–water partition coefficient (Wildman–Crippen LogP) is 2.30. The molecule has 2 aliphatic rings. The minimum absolute atomic E-state index is 0.0977. The van der Waals surface area contributed by atoms with E-state index in [1.54, 1.807) is 11.4 Å². The van der Waals surface area contributed by atoms with E-state index in [9.17, 15) is 8.42 Å². The zero-order valence-electron chi connectivity index (χ0n) is 13.9. The Morgan fingerprint density at radius 2 is 1.83 bits per heavy atom. The summed E-state index contributed by atoms with van der Waals surface area (Å²) >= 11 is 0. The molecule has 23 heavy (non-hydrogen) atoms. The molecule has 1 aromatic rings. The van der Waals surface area contributed by atoms with Crippen molar-refractivity contribution >= 4 is 10.0 Å². The fraction of sp³-hybridized carbons (Fsp3) is 0.647. The van der Waals surface area contributed by atoms with E-state index in [0.29, 0.717) is 19.1 Å². The second-order valence-electron chi connectivity index (χ2n) is 6.55. The molecule has 1 saturated carbocycles. The Hall–Kier alpha value is -1.11.